The molecule has 0 aliphatic carbocycles. The third-order valence-corrected chi connectivity index (χ3v) is 13.0. The minimum Gasteiger partial charge on any atom is -0.508 e. The number of carbonyl (C=O) groups is 5. The third-order valence-electron chi connectivity index (χ3n) is 13.0. The quantitative estimate of drug-likeness (QED) is 0.0155. The Balaban J connectivity index is 0.000000248. The maximum absolute atomic E-state index is 14.0. The van der Waals surface area contributed by atoms with Gasteiger partial charge in [-0.05, 0) is 103 Å². The molecule has 6 aromatic rings. The van der Waals surface area contributed by atoms with Crippen LogP contribution >= 0.6 is 0 Å². The molecule has 17 nitrogen and oxygen atoms in total. The van der Waals surface area contributed by atoms with Crippen LogP contribution in [-0.4, -0.2) is 110 Å². The van der Waals surface area contributed by atoms with Gasteiger partial charge in [-0.3, -0.25) is 9.59 Å². The van der Waals surface area contributed by atoms with Gasteiger partial charge in [-0.15, -0.1) is 0 Å². The topological polar surface area (TPSA) is 226 Å². The van der Waals surface area contributed by atoms with Crippen LogP contribution in [0.1, 0.15) is 112 Å². The van der Waals surface area contributed by atoms with E-state index >= 15 is 0 Å². The molecule has 0 spiro atoms. The van der Waals surface area contributed by atoms with Gasteiger partial charge in [0.1, 0.15) is 29.4 Å². The number of aldehydes is 1. The summed E-state index contributed by atoms with van der Waals surface area (Å²) in [6.07, 6.45) is 5.75. The molecular formula is C63H74F2N4O13. The second kappa shape index (κ2) is 34.1. The number of unbranched alkanes of at least 4 members (excludes halogenated alkanes) is 2. The molecule has 2 aliphatic rings. The number of halogens is 2. The number of phenolic OH excluding ortho intramolecular Hbond substituents is 2. The maximum Gasteiger partial charge on any atom is 0.333 e. The Morgan fingerprint density at radius 2 is 1.04 bits per heavy atom. The van der Waals surface area contributed by atoms with Gasteiger partial charge in [0.2, 0.25) is 0 Å². The van der Waals surface area contributed by atoms with E-state index < -0.39 is 47.5 Å². The molecule has 2 atom stereocenters. The first-order valence-corrected chi connectivity index (χ1v) is 26.7. The minimum atomic E-state index is -1.28. The van der Waals surface area contributed by atoms with Crippen molar-refractivity contribution in [3.63, 3.8) is 0 Å². The maximum atomic E-state index is 14.0. The molecular weight excluding hydrogens is 1060 g/mol. The first-order chi connectivity index (χ1) is 39.4. The Labute approximate surface area is 477 Å². The number of hydrogen-bond donors (Lipinski definition) is 4. The number of ether oxygens (including phenoxy) is 6. The van der Waals surface area contributed by atoms with Crippen molar-refractivity contribution in [3.05, 3.63) is 190 Å². The first-order valence-electron chi connectivity index (χ1n) is 26.7. The summed E-state index contributed by atoms with van der Waals surface area (Å²) in [7, 11) is 2.35. The predicted octanol–water partition coefficient (Wildman–Crippen LogP) is 10.4. The predicted molar refractivity (Wildman–Crippen MR) is 306 cm³/mol. The first kappa shape index (κ1) is 64.6. The average molecular weight is 1130 g/mol. The van der Waals surface area contributed by atoms with E-state index in [1.807, 2.05) is 66.7 Å². The van der Waals surface area contributed by atoms with Crippen LogP contribution in [0.5, 0.6) is 11.5 Å². The number of benzene rings is 6. The number of esters is 2. The highest BCUT2D eigenvalue weighted by Crippen LogP contribution is 2.40. The van der Waals surface area contributed by atoms with Crippen molar-refractivity contribution in [3.8, 4) is 11.5 Å². The number of phenols is 2. The fourth-order valence-corrected chi connectivity index (χ4v) is 9.00. The van der Waals surface area contributed by atoms with Crippen molar-refractivity contribution < 1.29 is 71.4 Å². The van der Waals surface area contributed by atoms with Gasteiger partial charge in [0.05, 0.1) is 38.6 Å². The summed E-state index contributed by atoms with van der Waals surface area (Å²) in [5.74, 6) is -4.27. The van der Waals surface area contributed by atoms with Gasteiger partial charge in [0.25, 0.3) is 11.8 Å². The lowest BCUT2D eigenvalue weighted by atomic mass is 10.0. The number of nitrogens with zero attached hydrogens (tertiary/aromatic N) is 2. The minimum absolute atomic E-state index is 0. The van der Waals surface area contributed by atoms with Crippen molar-refractivity contribution in [2.24, 2.45) is 0 Å². The number of methoxy groups -OCH3 is 2. The van der Waals surface area contributed by atoms with Gasteiger partial charge in [-0.1, -0.05) is 92.4 Å². The number of rotatable bonds is 28. The van der Waals surface area contributed by atoms with Crippen molar-refractivity contribution >= 4 is 41.4 Å². The van der Waals surface area contributed by atoms with Gasteiger partial charge >= 0.3 is 11.9 Å². The van der Waals surface area contributed by atoms with Gasteiger partial charge < -0.3 is 64.3 Å². The van der Waals surface area contributed by atoms with Crippen LogP contribution in [-0.2, 0) is 69.1 Å². The molecule has 5 N–H and O–H groups in total. The van der Waals surface area contributed by atoms with E-state index in [2.05, 4.69) is 17.4 Å². The summed E-state index contributed by atoms with van der Waals surface area (Å²) in [5, 5.41) is 23.7. The lowest BCUT2D eigenvalue weighted by molar-refractivity contribution is -0.147. The van der Waals surface area contributed by atoms with Crippen LogP contribution in [0, 0.1) is 11.6 Å². The number of carbonyl (C=O) groups excluding carboxylic acids is 5. The number of fused-ring (bicyclic) bond motifs is 2. The number of nitrogens with two attached hydrogens (primary N) is 1. The van der Waals surface area contributed by atoms with Crippen LogP contribution in [0.3, 0.4) is 0 Å². The molecule has 0 radical (unpaired) electrons. The van der Waals surface area contributed by atoms with Crippen molar-refractivity contribution in [1.29, 1.82) is 0 Å². The lowest BCUT2D eigenvalue weighted by Gasteiger charge is -2.26. The van der Waals surface area contributed by atoms with Crippen molar-refractivity contribution in [2.75, 3.05) is 71.5 Å². The zero-order valence-corrected chi connectivity index (χ0v) is 45.6. The molecule has 0 saturated carbocycles. The molecule has 0 fully saturated rings. The van der Waals surface area contributed by atoms with Gasteiger partial charge in [0.15, 0.2) is 12.1 Å². The monoisotopic (exact) mass is 1130 g/mol. The summed E-state index contributed by atoms with van der Waals surface area (Å²) in [6.45, 7) is 6.14. The number of anilines is 2. The van der Waals surface area contributed by atoms with Crippen LogP contribution in [0.15, 0.2) is 133 Å². The fraction of sp³-hybridized carbons (Fsp3) is 0.349. The molecule has 0 bridgehead atoms. The smallest absolute Gasteiger partial charge is 0.333 e. The molecule has 82 heavy (non-hydrogen) atoms. The van der Waals surface area contributed by atoms with Crippen molar-refractivity contribution in [1.82, 2.24) is 9.80 Å². The molecule has 19 heteroatoms. The van der Waals surface area contributed by atoms with E-state index in [-0.39, 0.29) is 43.1 Å². The SMILES string of the molecule is C.COC(=O)C(c1cc(F)ccc1O)N1Cc2cccc(N)c2C1=O.COC(=O)C(c1cc(F)ccc1O)N1Cc2cccc(NCCCCOCCCOCc3ccccc3)c2C1=O.O=CCCCOCCCOCc1ccccc1. The molecule has 2 heterocycles. The molecule has 2 amide bonds. The highest BCUT2D eigenvalue weighted by atomic mass is 19.1. The summed E-state index contributed by atoms with van der Waals surface area (Å²) < 4.78 is 59.5. The number of nitrogen functional groups attached to an aromatic ring is 1. The Kier molecular flexibility index (Phi) is 26.9. The molecule has 0 aromatic heterocycles. The molecule has 0 saturated heterocycles. The molecule has 6 aromatic carbocycles. The second-order valence-electron chi connectivity index (χ2n) is 18.8. The fourth-order valence-electron chi connectivity index (χ4n) is 9.00. The van der Waals surface area contributed by atoms with E-state index in [0.29, 0.717) is 93.9 Å². The van der Waals surface area contributed by atoms with Crippen LogP contribution in [0.25, 0.3) is 0 Å². The highest BCUT2D eigenvalue weighted by molar-refractivity contribution is 6.06. The number of aromatic hydroxyl groups is 2. The zero-order valence-electron chi connectivity index (χ0n) is 45.6. The van der Waals surface area contributed by atoms with E-state index in [1.54, 1.807) is 18.2 Å². The van der Waals surface area contributed by atoms with Gasteiger partial charge in [-0.2, -0.15) is 0 Å². The van der Waals surface area contributed by atoms with E-state index in [1.165, 1.54) is 22.5 Å². The average Bonchev–Trinajstić information content (AvgIpc) is 3.81. The Bertz CT molecular complexity index is 2990. The standard InChI is InChI=1S/C31H35FN2O6.C17H15FN2O4.C14H20O3.CH4/c1-38-31(37)29(25-19-24(32)13-14-27(25)35)34-20-23-11-7-12-26(28(23)30(34)36)33-15-5-6-16-39-17-8-18-40-21-22-9-3-2-4-10-22;1-24-17(23)15(11-7-10(18)5-6-13(11)21)20-8-9-3-2-4-12(19)14(9)16(20)22;15-9-4-5-10-16-11-6-12-17-13-14-7-2-1-3-8-14;/h2-4,7,9-14,19,29,33,35H,5-6,8,15-18,20-21H2,1H3;2-7,15,21H,8,19H2,1H3;1-3,7-9H,4-6,10-13H2;1H4. The third kappa shape index (κ3) is 18.7. The molecule has 2 unspecified atom stereocenters. The van der Waals surface area contributed by atoms with E-state index in [4.69, 9.17) is 34.2 Å². The van der Waals surface area contributed by atoms with E-state index in [0.717, 1.165) is 93.0 Å². The van der Waals surface area contributed by atoms with Crippen molar-refractivity contribution in [2.45, 2.75) is 84.3 Å². The van der Waals surface area contributed by atoms with E-state index in [9.17, 15) is 43.0 Å². The number of hydrogen-bond acceptors (Lipinski definition) is 15. The van der Waals surface area contributed by atoms with Gasteiger partial charge in [-0.25, -0.2) is 18.4 Å². The largest absolute Gasteiger partial charge is 0.508 e. The number of amides is 2. The molecule has 2 aliphatic heterocycles. The summed E-state index contributed by atoms with van der Waals surface area (Å²) in [6, 6.07) is 34.6. The Morgan fingerprint density at radius 3 is 1.52 bits per heavy atom. The van der Waals surface area contributed by atoms with Crippen LogP contribution in [0.4, 0.5) is 20.2 Å². The Morgan fingerprint density at radius 1 is 0.585 bits per heavy atom. The Hall–Kier alpha value is -8.23. The summed E-state index contributed by atoms with van der Waals surface area (Å²) in [5.41, 5.74) is 11.3. The lowest BCUT2D eigenvalue weighted by Crippen LogP contribution is -2.35. The van der Waals surface area contributed by atoms with Crippen LogP contribution < -0.4 is 11.1 Å². The second-order valence-corrected chi connectivity index (χ2v) is 18.8. The van der Waals surface area contributed by atoms with Crippen LogP contribution in [0.2, 0.25) is 0 Å². The molecule has 438 valence electrons. The van der Waals surface area contributed by atoms with Gasteiger partial charge in [0, 0.05) is 88.2 Å². The summed E-state index contributed by atoms with van der Waals surface area (Å²) >= 11 is 0. The normalized spacial score (nSPS) is 12.8. The summed E-state index contributed by atoms with van der Waals surface area (Å²) in [4.78, 5) is 63.7. The highest BCUT2D eigenvalue weighted by Gasteiger charge is 2.42. The zero-order chi connectivity index (χ0) is 57.9. The number of nitrogens with one attached hydrogen (secondary N) is 1. The molecule has 8 rings (SSSR count).